The van der Waals surface area contributed by atoms with Crippen molar-refractivity contribution < 1.29 is 13.9 Å². The fraction of sp³-hybridized carbons (Fsp3) is 0.190. The lowest BCUT2D eigenvalue weighted by Crippen LogP contribution is -2.36. The first-order valence-corrected chi connectivity index (χ1v) is 9.28. The van der Waals surface area contributed by atoms with Crippen LogP contribution in [0.3, 0.4) is 0 Å². The molecule has 0 saturated carbocycles. The maximum Gasteiger partial charge on any atom is 0.276 e. The zero-order chi connectivity index (χ0) is 20.1. The highest BCUT2D eigenvalue weighted by Crippen LogP contribution is 2.28. The molecule has 4 rings (SSSR count). The van der Waals surface area contributed by atoms with E-state index < -0.39 is 5.91 Å². The van der Waals surface area contributed by atoms with Crippen LogP contribution in [0.5, 0.6) is 0 Å². The average Bonchev–Trinajstić information content (AvgIpc) is 2.77. The predicted octanol–water partition coefficient (Wildman–Crippen LogP) is 3.45. The van der Waals surface area contributed by atoms with E-state index in [1.165, 1.54) is 24.3 Å². The van der Waals surface area contributed by atoms with E-state index >= 15 is 0 Å². The molecule has 8 heteroatoms. The minimum Gasteiger partial charge on any atom is -0.378 e. The van der Waals surface area contributed by atoms with Crippen LogP contribution in [0.4, 0.5) is 27.3 Å². The van der Waals surface area contributed by atoms with Crippen molar-refractivity contribution in [2.45, 2.75) is 0 Å². The second kappa shape index (κ2) is 8.66. The van der Waals surface area contributed by atoms with Crippen LogP contribution in [0, 0.1) is 5.82 Å². The van der Waals surface area contributed by atoms with Gasteiger partial charge in [0.2, 0.25) is 0 Å². The number of amides is 1. The molecule has 0 atom stereocenters. The Balaban J connectivity index is 1.45. The molecule has 3 aromatic rings. The van der Waals surface area contributed by atoms with Gasteiger partial charge in [-0.2, -0.15) is 0 Å². The molecule has 1 aliphatic heterocycles. The second-order valence-corrected chi connectivity index (χ2v) is 6.51. The van der Waals surface area contributed by atoms with Crippen LogP contribution < -0.4 is 15.5 Å². The lowest BCUT2D eigenvalue weighted by Gasteiger charge is -2.30. The van der Waals surface area contributed by atoms with Crippen molar-refractivity contribution in [3.63, 3.8) is 0 Å². The number of morpholine rings is 1. The molecule has 148 valence electrons. The third-order valence-electron chi connectivity index (χ3n) is 4.52. The van der Waals surface area contributed by atoms with Crippen LogP contribution in [-0.4, -0.2) is 42.4 Å². The summed E-state index contributed by atoms with van der Waals surface area (Å²) in [6.07, 6.45) is 0. The van der Waals surface area contributed by atoms with Crippen molar-refractivity contribution in [2.75, 3.05) is 41.8 Å². The summed E-state index contributed by atoms with van der Waals surface area (Å²) in [5.74, 6) is -0.246. The molecule has 1 aliphatic rings. The van der Waals surface area contributed by atoms with Gasteiger partial charge in [-0.15, -0.1) is 10.2 Å². The number of ether oxygens (including phenoxy) is 1. The molecule has 2 N–H and O–H groups in total. The zero-order valence-corrected chi connectivity index (χ0v) is 15.6. The summed E-state index contributed by atoms with van der Waals surface area (Å²) in [5, 5.41) is 14.0. The highest BCUT2D eigenvalue weighted by molar-refractivity contribution is 6.02. The number of carbonyl (C=O) groups is 1. The first-order chi connectivity index (χ1) is 14.2. The lowest BCUT2D eigenvalue weighted by molar-refractivity contribution is 0.102. The van der Waals surface area contributed by atoms with Crippen LogP contribution in [0.2, 0.25) is 0 Å². The van der Waals surface area contributed by atoms with Gasteiger partial charge >= 0.3 is 0 Å². The standard InChI is InChI=1S/C21H20FN5O2/c22-15-5-7-16(8-6-15)23-21(28)18-9-10-20(26-25-18)24-17-3-1-2-4-19(17)27-11-13-29-14-12-27/h1-10H,11-14H2,(H,23,28)(H,24,26). The minimum absolute atomic E-state index is 0.168. The number of anilines is 4. The van der Waals surface area contributed by atoms with Crippen LogP contribution in [0.15, 0.2) is 60.7 Å². The molecule has 1 fully saturated rings. The fourth-order valence-corrected chi connectivity index (χ4v) is 3.05. The number of halogens is 1. The van der Waals surface area contributed by atoms with Gasteiger partial charge < -0.3 is 20.3 Å². The number of para-hydroxylation sites is 2. The molecule has 2 aromatic carbocycles. The summed E-state index contributed by atoms with van der Waals surface area (Å²) in [6, 6.07) is 16.8. The fourth-order valence-electron chi connectivity index (χ4n) is 3.05. The molecule has 0 unspecified atom stereocenters. The summed E-state index contributed by atoms with van der Waals surface area (Å²) in [4.78, 5) is 14.5. The van der Waals surface area contributed by atoms with Crippen molar-refractivity contribution in [2.24, 2.45) is 0 Å². The van der Waals surface area contributed by atoms with Crippen molar-refractivity contribution in [3.8, 4) is 0 Å². The Bertz CT molecular complexity index is 973. The lowest BCUT2D eigenvalue weighted by atomic mass is 10.2. The SMILES string of the molecule is O=C(Nc1ccc(F)cc1)c1ccc(Nc2ccccc2N2CCOCC2)nn1. The molecule has 0 bridgehead atoms. The number of nitrogens with zero attached hydrogens (tertiary/aromatic N) is 3. The molecule has 1 aromatic heterocycles. The van der Waals surface area contributed by atoms with Crippen molar-refractivity contribution in [1.82, 2.24) is 10.2 Å². The number of nitrogens with one attached hydrogen (secondary N) is 2. The van der Waals surface area contributed by atoms with Gasteiger partial charge in [-0.05, 0) is 48.5 Å². The Hall–Kier alpha value is -3.52. The van der Waals surface area contributed by atoms with Gasteiger partial charge in [0, 0.05) is 18.8 Å². The summed E-state index contributed by atoms with van der Waals surface area (Å²) in [5.41, 5.74) is 2.63. The Labute approximate surface area is 167 Å². The maximum atomic E-state index is 13.0. The molecule has 2 heterocycles. The number of hydrogen-bond acceptors (Lipinski definition) is 6. The van der Waals surface area contributed by atoms with E-state index in [9.17, 15) is 9.18 Å². The second-order valence-electron chi connectivity index (χ2n) is 6.51. The topological polar surface area (TPSA) is 79.4 Å². The highest BCUT2D eigenvalue weighted by Gasteiger charge is 2.15. The average molecular weight is 393 g/mol. The van der Waals surface area contributed by atoms with Crippen molar-refractivity contribution in [3.05, 3.63) is 72.2 Å². The van der Waals surface area contributed by atoms with Gasteiger partial charge in [0.05, 0.1) is 24.6 Å². The number of benzene rings is 2. The zero-order valence-electron chi connectivity index (χ0n) is 15.6. The van der Waals surface area contributed by atoms with Crippen LogP contribution >= 0.6 is 0 Å². The predicted molar refractivity (Wildman–Crippen MR) is 109 cm³/mol. The van der Waals surface area contributed by atoms with Gasteiger partial charge in [-0.25, -0.2) is 4.39 Å². The summed E-state index contributed by atoms with van der Waals surface area (Å²) < 4.78 is 18.4. The van der Waals surface area contributed by atoms with E-state index in [1.54, 1.807) is 12.1 Å². The smallest absolute Gasteiger partial charge is 0.276 e. The number of aromatic nitrogens is 2. The third-order valence-corrected chi connectivity index (χ3v) is 4.52. The normalized spacial score (nSPS) is 13.8. The molecule has 7 nitrogen and oxygen atoms in total. The quantitative estimate of drug-likeness (QED) is 0.691. The van der Waals surface area contributed by atoms with E-state index in [-0.39, 0.29) is 11.5 Å². The summed E-state index contributed by atoms with van der Waals surface area (Å²) >= 11 is 0. The highest BCUT2D eigenvalue weighted by atomic mass is 19.1. The molecular weight excluding hydrogens is 373 g/mol. The van der Waals surface area contributed by atoms with E-state index in [2.05, 4.69) is 25.7 Å². The molecule has 1 saturated heterocycles. The largest absolute Gasteiger partial charge is 0.378 e. The summed E-state index contributed by atoms with van der Waals surface area (Å²) in [7, 11) is 0. The van der Waals surface area contributed by atoms with E-state index in [4.69, 9.17) is 4.74 Å². The molecule has 1 amide bonds. The number of hydrogen-bond donors (Lipinski definition) is 2. The van der Waals surface area contributed by atoms with Crippen molar-refractivity contribution >= 4 is 28.8 Å². The van der Waals surface area contributed by atoms with Crippen LogP contribution in [-0.2, 0) is 4.74 Å². The molecule has 0 radical (unpaired) electrons. The van der Waals surface area contributed by atoms with Gasteiger partial charge in [-0.1, -0.05) is 12.1 Å². The number of carbonyl (C=O) groups excluding carboxylic acids is 1. The number of rotatable bonds is 5. The van der Waals surface area contributed by atoms with Crippen molar-refractivity contribution in [1.29, 1.82) is 0 Å². The first kappa shape index (κ1) is 18.8. The van der Waals surface area contributed by atoms with E-state index in [0.717, 1.165) is 24.5 Å². The Kier molecular flexibility index (Phi) is 5.62. The maximum absolute atomic E-state index is 13.0. The molecule has 0 aliphatic carbocycles. The monoisotopic (exact) mass is 393 g/mol. The Morgan fingerprint density at radius 1 is 0.966 bits per heavy atom. The third kappa shape index (κ3) is 4.67. The van der Waals surface area contributed by atoms with Gasteiger partial charge in [0.25, 0.3) is 5.91 Å². The van der Waals surface area contributed by atoms with Crippen LogP contribution in [0.1, 0.15) is 10.5 Å². The van der Waals surface area contributed by atoms with Gasteiger partial charge in [0.1, 0.15) is 5.82 Å². The van der Waals surface area contributed by atoms with Gasteiger partial charge in [0.15, 0.2) is 11.5 Å². The Morgan fingerprint density at radius 2 is 1.72 bits per heavy atom. The summed E-state index contributed by atoms with van der Waals surface area (Å²) in [6.45, 7) is 3.05. The van der Waals surface area contributed by atoms with E-state index in [0.29, 0.717) is 24.7 Å². The van der Waals surface area contributed by atoms with Gasteiger partial charge in [-0.3, -0.25) is 4.79 Å². The minimum atomic E-state index is -0.413. The van der Waals surface area contributed by atoms with E-state index in [1.807, 2.05) is 24.3 Å². The molecule has 29 heavy (non-hydrogen) atoms. The molecular formula is C21H20FN5O2. The Morgan fingerprint density at radius 3 is 2.45 bits per heavy atom. The van der Waals surface area contributed by atoms with Crippen LogP contribution in [0.25, 0.3) is 0 Å². The first-order valence-electron chi connectivity index (χ1n) is 9.28. The molecule has 0 spiro atoms.